The Labute approximate surface area is 176 Å². The quantitative estimate of drug-likeness (QED) is 0.714. The van der Waals surface area contributed by atoms with Crippen molar-refractivity contribution >= 4 is 33.2 Å². The molecular formula is C19H20F3N3O5S. The van der Waals surface area contributed by atoms with E-state index in [1.165, 1.54) is 24.5 Å². The molecule has 0 bridgehead atoms. The second-order valence-electron chi connectivity index (χ2n) is 7.14. The molecule has 31 heavy (non-hydrogen) atoms. The molecule has 1 fully saturated rings. The second-order valence-corrected chi connectivity index (χ2v) is 9.12. The Balaban J connectivity index is 1.79. The van der Waals surface area contributed by atoms with Crippen LogP contribution in [0.2, 0.25) is 0 Å². The average Bonchev–Trinajstić information content (AvgIpc) is 3.23. The van der Waals surface area contributed by atoms with E-state index in [-0.39, 0.29) is 24.5 Å². The number of nitrogens with one attached hydrogen (secondary N) is 2. The van der Waals surface area contributed by atoms with E-state index in [0.717, 1.165) is 16.6 Å². The average molecular weight is 459 g/mol. The molecule has 3 rings (SSSR count). The number of nitrogens with zero attached hydrogens (tertiary/aromatic N) is 1. The van der Waals surface area contributed by atoms with Gasteiger partial charge in [0.15, 0.2) is 5.76 Å². The molecule has 2 aromatic rings. The minimum absolute atomic E-state index is 0.0707. The van der Waals surface area contributed by atoms with Gasteiger partial charge in [-0.3, -0.25) is 9.59 Å². The van der Waals surface area contributed by atoms with Crippen LogP contribution < -0.4 is 10.6 Å². The minimum atomic E-state index is -4.81. The fourth-order valence-corrected chi connectivity index (χ4v) is 4.17. The van der Waals surface area contributed by atoms with E-state index >= 15 is 0 Å². The van der Waals surface area contributed by atoms with E-state index in [2.05, 4.69) is 10.6 Å². The molecule has 1 aromatic heterocycles. The Kier molecular flexibility index (Phi) is 6.41. The summed E-state index contributed by atoms with van der Waals surface area (Å²) in [6.45, 7) is 0.170. The molecular weight excluding hydrogens is 439 g/mol. The lowest BCUT2D eigenvalue weighted by atomic mass is 9.98. The summed E-state index contributed by atoms with van der Waals surface area (Å²) in [4.78, 5) is 24.6. The summed E-state index contributed by atoms with van der Waals surface area (Å²) in [7, 11) is -3.51. The number of rotatable bonds is 5. The summed E-state index contributed by atoms with van der Waals surface area (Å²) in [5, 5.41) is 4.56. The highest BCUT2D eigenvalue weighted by Crippen LogP contribution is 2.37. The molecule has 0 aliphatic carbocycles. The van der Waals surface area contributed by atoms with Crippen molar-refractivity contribution in [3.63, 3.8) is 0 Å². The first-order valence-electron chi connectivity index (χ1n) is 9.27. The number of piperidine rings is 1. The molecule has 0 radical (unpaired) electrons. The molecule has 1 aliphatic rings. The Bertz CT molecular complexity index is 1070. The second kappa shape index (κ2) is 8.71. The number of sulfonamides is 1. The fourth-order valence-electron chi connectivity index (χ4n) is 3.26. The summed E-state index contributed by atoms with van der Waals surface area (Å²) in [5.74, 6) is -2.27. The smallest absolute Gasteiger partial charge is 0.418 e. The van der Waals surface area contributed by atoms with Crippen molar-refractivity contribution in [2.75, 3.05) is 30.0 Å². The van der Waals surface area contributed by atoms with Crippen molar-refractivity contribution in [2.24, 2.45) is 5.92 Å². The van der Waals surface area contributed by atoms with E-state index < -0.39 is 45.2 Å². The predicted octanol–water partition coefficient (Wildman–Crippen LogP) is 3.16. The standard InChI is InChI=1S/C19H20F3N3O5S/c1-31(28,29)25-8-2-4-12(11-25)17(26)24-15-7-6-13(10-14(15)19(20,21)22)23-18(27)16-5-3-9-30-16/h3,5-7,9-10,12H,2,4,8,11H2,1H3,(H,23,27)(H,24,26). The molecule has 0 saturated carbocycles. The van der Waals surface area contributed by atoms with Gasteiger partial charge in [-0.25, -0.2) is 12.7 Å². The Morgan fingerprint density at radius 2 is 1.94 bits per heavy atom. The van der Waals surface area contributed by atoms with Gasteiger partial charge in [0.05, 0.1) is 29.7 Å². The molecule has 1 unspecified atom stereocenters. The Morgan fingerprint density at radius 1 is 1.19 bits per heavy atom. The number of carbonyl (C=O) groups is 2. The normalized spacial score (nSPS) is 17.9. The van der Waals surface area contributed by atoms with Gasteiger partial charge < -0.3 is 15.1 Å². The third kappa shape index (κ3) is 5.64. The largest absolute Gasteiger partial charge is 0.459 e. The highest BCUT2D eigenvalue weighted by atomic mass is 32.2. The first-order valence-corrected chi connectivity index (χ1v) is 11.1. The van der Waals surface area contributed by atoms with Crippen LogP contribution in [0.15, 0.2) is 41.0 Å². The van der Waals surface area contributed by atoms with Gasteiger partial charge in [-0.2, -0.15) is 13.2 Å². The number of amides is 2. The lowest BCUT2D eigenvalue weighted by Gasteiger charge is -2.30. The summed E-state index contributed by atoms with van der Waals surface area (Å²) in [6, 6.07) is 5.79. The first-order chi connectivity index (χ1) is 14.4. The SMILES string of the molecule is CS(=O)(=O)N1CCCC(C(=O)Nc2ccc(NC(=O)c3ccco3)cc2C(F)(F)F)C1. The first kappa shape index (κ1) is 22.8. The molecule has 2 heterocycles. The Morgan fingerprint density at radius 3 is 2.55 bits per heavy atom. The molecule has 8 nitrogen and oxygen atoms in total. The van der Waals surface area contributed by atoms with Crippen molar-refractivity contribution in [1.82, 2.24) is 4.31 Å². The zero-order valence-electron chi connectivity index (χ0n) is 16.4. The molecule has 0 spiro atoms. The van der Waals surface area contributed by atoms with E-state index in [0.29, 0.717) is 18.9 Å². The van der Waals surface area contributed by atoms with Gasteiger partial charge in [-0.1, -0.05) is 0 Å². The van der Waals surface area contributed by atoms with Crippen molar-refractivity contribution in [1.29, 1.82) is 0 Å². The molecule has 12 heteroatoms. The summed E-state index contributed by atoms with van der Waals surface area (Å²) in [6.07, 6.45) is -1.75. The van der Waals surface area contributed by atoms with E-state index in [9.17, 15) is 31.2 Å². The number of halogens is 3. The molecule has 168 valence electrons. The summed E-state index contributed by atoms with van der Waals surface area (Å²) >= 11 is 0. The Hall–Kier alpha value is -2.86. The van der Waals surface area contributed by atoms with Gasteiger partial charge >= 0.3 is 6.18 Å². The lowest BCUT2D eigenvalue weighted by Crippen LogP contribution is -2.43. The zero-order valence-corrected chi connectivity index (χ0v) is 17.2. The van der Waals surface area contributed by atoms with Crippen molar-refractivity contribution in [3.8, 4) is 0 Å². The number of hydrogen-bond donors (Lipinski definition) is 2. The highest BCUT2D eigenvalue weighted by Gasteiger charge is 2.36. The van der Waals surface area contributed by atoms with Gasteiger partial charge in [-0.15, -0.1) is 0 Å². The van der Waals surface area contributed by atoms with E-state index in [4.69, 9.17) is 4.42 Å². The van der Waals surface area contributed by atoms with Crippen LogP contribution in [0, 0.1) is 5.92 Å². The molecule has 2 amide bonds. The van der Waals surface area contributed by atoms with Crippen molar-refractivity contribution < 1.29 is 35.6 Å². The van der Waals surface area contributed by atoms with Gasteiger partial charge in [0, 0.05) is 18.8 Å². The van der Waals surface area contributed by atoms with E-state index in [1.807, 2.05) is 0 Å². The van der Waals surface area contributed by atoms with Crippen molar-refractivity contribution in [2.45, 2.75) is 19.0 Å². The lowest BCUT2D eigenvalue weighted by molar-refractivity contribution is -0.137. The molecule has 1 aliphatic heterocycles. The minimum Gasteiger partial charge on any atom is -0.459 e. The molecule has 1 saturated heterocycles. The monoisotopic (exact) mass is 459 g/mol. The van der Waals surface area contributed by atoms with Gasteiger partial charge in [0.2, 0.25) is 15.9 Å². The maximum atomic E-state index is 13.6. The third-order valence-electron chi connectivity index (χ3n) is 4.81. The predicted molar refractivity (Wildman–Crippen MR) is 106 cm³/mol. The molecule has 1 aromatic carbocycles. The van der Waals surface area contributed by atoms with Gasteiger partial charge in [0.25, 0.3) is 5.91 Å². The van der Waals surface area contributed by atoms with Gasteiger partial charge in [-0.05, 0) is 43.2 Å². The number of hydrogen-bond acceptors (Lipinski definition) is 5. The summed E-state index contributed by atoms with van der Waals surface area (Å²) in [5.41, 5.74) is -1.76. The molecule has 1 atom stereocenters. The maximum Gasteiger partial charge on any atom is 0.418 e. The number of alkyl halides is 3. The number of anilines is 2. The summed E-state index contributed by atoms with van der Waals surface area (Å²) < 4.78 is 70.2. The van der Waals surface area contributed by atoms with Crippen LogP contribution in [0.1, 0.15) is 29.0 Å². The number of carbonyl (C=O) groups excluding carboxylic acids is 2. The van der Waals surface area contributed by atoms with Crippen LogP contribution in [0.4, 0.5) is 24.5 Å². The zero-order chi connectivity index (χ0) is 22.8. The third-order valence-corrected chi connectivity index (χ3v) is 6.08. The maximum absolute atomic E-state index is 13.6. The number of furan rings is 1. The van der Waals surface area contributed by atoms with Crippen LogP contribution >= 0.6 is 0 Å². The highest BCUT2D eigenvalue weighted by molar-refractivity contribution is 7.88. The fraction of sp³-hybridized carbons (Fsp3) is 0.368. The molecule has 2 N–H and O–H groups in total. The van der Waals surface area contributed by atoms with Crippen LogP contribution in [0.25, 0.3) is 0 Å². The van der Waals surface area contributed by atoms with Crippen LogP contribution in [-0.4, -0.2) is 43.9 Å². The van der Waals surface area contributed by atoms with E-state index in [1.54, 1.807) is 0 Å². The van der Waals surface area contributed by atoms with Crippen LogP contribution in [0.5, 0.6) is 0 Å². The topological polar surface area (TPSA) is 109 Å². The number of benzene rings is 1. The van der Waals surface area contributed by atoms with Gasteiger partial charge in [0.1, 0.15) is 0 Å². The van der Waals surface area contributed by atoms with Crippen molar-refractivity contribution in [3.05, 3.63) is 47.9 Å². The van der Waals surface area contributed by atoms with Crippen LogP contribution in [-0.2, 0) is 21.0 Å². The van der Waals surface area contributed by atoms with Crippen LogP contribution in [0.3, 0.4) is 0 Å².